The first-order valence-corrected chi connectivity index (χ1v) is 9.96. The molecule has 1 saturated heterocycles. The van der Waals surface area contributed by atoms with E-state index in [0.29, 0.717) is 17.4 Å². The van der Waals surface area contributed by atoms with Gasteiger partial charge in [0.1, 0.15) is 6.67 Å². The molecule has 5 unspecified atom stereocenters. The molecule has 7 heteroatoms. The number of hydrogen-bond donors (Lipinski definition) is 2. The molecule has 0 saturated carbocycles. The van der Waals surface area contributed by atoms with Crippen LogP contribution in [0, 0.1) is 5.92 Å². The fourth-order valence-electron chi connectivity index (χ4n) is 3.70. The number of anilines is 1. The first-order chi connectivity index (χ1) is 11.9. The molecule has 1 fully saturated rings. The molecule has 0 spiro atoms. The van der Waals surface area contributed by atoms with Crippen molar-refractivity contribution >= 4 is 26.7 Å². The summed E-state index contributed by atoms with van der Waals surface area (Å²) in [5.74, 6) is 0.316. The predicted octanol–water partition coefficient (Wildman–Crippen LogP) is 4.41. The van der Waals surface area contributed by atoms with Crippen LogP contribution in [-0.4, -0.2) is 30.6 Å². The number of fused-ring (bicyclic) bond motifs is 3. The first-order valence-electron chi connectivity index (χ1n) is 8.57. The van der Waals surface area contributed by atoms with E-state index in [9.17, 15) is 8.78 Å². The van der Waals surface area contributed by atoms with Crippen molar-refractivity contribution in [1.29, 1.82) is 0 Å². The van der Waals surface area contributed by atoms with Gasteiger partial charge >= 0.3 is 0 Å². The van der Waals surface area contributed by atoms with E-state index in [1.165, 1.54) is 5.57 Å². The van der Waals surface area contributed by atoms with E-state index in [1.807, 2.05) is 33.5 Å². The van der Waals surface area contributed by atoms with Crippen molar-refractivity contribution in [2.75, 3.05) is 25.1 Å². The first kappa shape index (κ1) is 19.1. The number of thioether (sulfide) groups is 1. The van der Waals surface area contributed by atoms with E-state index < -0.39 is 11.4 Å². The number of ether oxygens (including phenoxy) is 1. The van der Waals surface area contributed by atoms with Crippen molar-refractivity contribution in [2.24, 2.45) is 11.7 Å². The highest BCUT2D eigenvalue weighted by Crippen LogP contribution is 2.48. The third-order valence-electron chi connectivity index (χ3n) is 4.84. The van der Waals surface area contributed by atoms with Crippen LogP contribution in [0.3, 0.4) is 0 Å². The molecule has 2 aliphatic rings. The van der Waals surface area contributed by atoms with Crippen LogP contribution in [-0.2, 0) is 4.74 Å². The van der Waals surface area contributed by atoms with Crippen molar-refractivity contribution in [3.05, 3.63) is 35.4 Å². The molecular weight excluding hydrogens is 361 g/mol. The second-order valence-electron chi connectivity index (χ2n) is 6.67. The number of benzene rings is 1. The summed E-state index contributed by atoms with van der Waals surface area (Å²) >= 11 is 0.883. The third kappa shape index (κ3) is 4.19. The van der Waals surface area contributed by atoms with Crippen LogP contribution in [0.2, 0.25) is 0 Å². The van der Waals surface area contributed by atoms with Gasteiger partial charge in [-0.25, -0.2) is 8.78 Å². The summed E-state index contributed by atoms with van der Waals surface area (Å²) in [5, 5.41) is 3.60. The largest absolute Gasteiger partial charge is 0.378 e. The Bertz CT molecular complexity index is 656. The summed E-state index contributed by atoms with van der Waals surface area (Å²) in [5.41, 5.74) is 8.93. The Morgan fingerprint density at radius 1 is 1.56 bits per heavy atom. The highest BCUT2D eigenvalue weighted by atomic mass is 32.2. The van der Waals surface area contributed by atoms with Crippen LogP contribution in [0.15, 0.2) is 34.7 Å². The number of rotatable bonds is 5. The standard InChI is InChI=1S/C18H25F2N2OPS/c1-11(6-7-21)16-13-3-2-8-23-17(13)14-9-12(4-5-15(14)22-16)25-18(20,24)10-19/h4-6,9,13,16-17,22H,2-3,7-8,10,21,24H2,1H3/b11-6+. The Balaban J connectivity index is 1.93. The maximum absolute atomic E-state index is 14.0. The molecule has 3 rings (SSSR count). The number of halogens is 2. The summed E-state index contributed by atoms with van der Waals surface area (Å²) in [6.45, 7) is 2.29. The molecule has 3 nitrogen and oxygen atoms in total. The van der Waals surface area contributed by atoms with Crippen LogP contribution in [0.25, 0.3) is 0 Å². The second-order valence-corrected chi connectivity index (χ2v) is 9.36. The van der Waals surface area contributed by atoms with Crippen molar-refractivity contribution in [3.63, 3.8) is 0 Å². The summed E-state index contributed by atoms with van der Waals surface area (Å²) in [6, 6.07) is 5.88. The summed E-state index contributed by atoms with van der Waals surface area (Å²) in [6.07, 6.45) is 4.11. The van der Waals surface area contributed by atoms with Gasteiger partial charge in [0.25, 0.3) is 0 Å². The zero-order chi connectivity index (χ0) is 18.0. The van der Waals surface area contributed by atoms with E-state index in [-0.39, 0.29) is 12.1 Å². The molecule has 0 bridgehead atoms. The Hall–Kier alpha value is -0.680. The van der Waals surface area contributed by atoms with Gasteiger partial charge in [-0.05, 0) is 38.0 Å². The third-order valence-corrected chi connectivity index (χ3v) is 6.28. The van der Waals surface area contributed by atoms with Gasteiger partial charge in [0.2, 0.25) is 4.74 Å². The van der Waals surface area contributed by atoms with Crippen LogP contribution in [0.4, 0.5) is 14.5 Å². The Kier molecular flexibility index (Phi) is 6.04. The van der Waals surface area contributed by atoms with E-state index in [0.717, 1.165) is 42.5 Å². The van der Waals surface area contributed by atoms with Crippen LogP contribution in [0.1, 0.15) is 31.4 Å². The summed E-state index contributed by atoms with van der Waals surface area (Å²) in [4.78, 5) is 0.705. The minimum absolute atomic E-state index is 0.0272. The summed E-state index contributed by atoms with van der Waals surface area (Å²) < 4.78 is 30.9. The molecule has 0 amide bonds. The Morgan fingerprint density at radius 2 is 2.36 bits per heavy atom. The van der Waals surface area contributed by atoms with Gasteiger partial charge in [-0.1, -0.05) is 32.7 Å². The Labute approximate surface area is 154 Å². The monoisotopic (exact) mass is 386 g/mol. The van der Waals surface area contributed by atoms with Gasteiger partial charge in [0, 0.05) is 35.2 Å². The lowest BCUT2D eigenvalue weighted by atomic mass is 9.77. The average molecular weight is 386 g/mol. The smallest absolute Gasteiger partial charge is 0.200 e. The minimum atomic E-state index is -1.99. The van der Waals surface area contributed by atoms with Gasteiger partial charge < -0.3 is 15.8 Å². The number of hydrogen-bond acceptors (Lipinski definition) is 4. The normalized spacial score (nSPS) is 28.5. The van der Waals surface area contributed by atoms with Crippen molar-refractivity contribution in [1.82, 2.24) is 0 Å². The highest BCUT2D eigenvalue weighted by molar-refractivity contribution is 8.04. The molecule has 0 aliphatic carbocycles. The maximum Gasteiger partial charge on any atom is 0.200 e. The zero-order valence-electron chi connectivity index (χ0n) is 14.3. The zero-order valence-corrected chi connectivity index (χ0v) is 16.3. The van der Waals surface area contributed by atoms with E-state index in [4.69, 9.17) is 10.5 Å². The number of alkyl halides is 2. The minimum Gasteiger partial charge on any atom is -0.378 e. The quantitative estimate of drug-likeness (QED) is 0.447. The lowest BCUT2D eigenvalue weighted by molar-refractivity contribution is -0.0343. The number of nitrogens with one attached hydrogen (secondary N) is 1. The van der Waals surface area contributed by atoms with Crippen molar-refractivity contribution in [2.45, 2.75) is 41.5 Å². The molecule has 2 aliphatic heterocycles. The van der Waals surface area contributed by atoms with Gasteiger partial charge in [0.05, 0.1) is 12.1 Å². The maximum atomic E-state index is 14.0. The Morgan fingerprint density at radius 3 is 3.08 bits per heavy atom. The van der Waals surface area contributed by atoms with Crippen LogP contribution >= 0.6 is 21.0 Å². The van der Waals surface area contributed by atoms with E-state index in [2.05, 4.69) is 12.2 Å². The summed E-state index contributed by atoms with van der Waals surface area (Å²) in [7, 11) is 1.94. The predicted molar refractivity (Wildman–Crippen MR) is 103 cm³/mol. The van der Waals surface area contributed by atoms with E-state index >= 15 is 0 Å². The fourth-order valence-corrected chi connectivity index (χ4v) is 4.88. The average Bonchev–Trinajstić information content (AvgIpc) is 2.61. The lowest BCUT2D eigenvalue weighted by Crippen LogP contribution is -2.42. The molecule has 1 aromatic rings. The van der Waals surface area contributed by atoms with Crippen molar-refractivity contribution < 1.29 is 13.5 Å². The lowest BCUT2D eigenvalue weighted by Gasteiger charge is -2.44. The molecular formula is C18H25F2N2OPS. The van der Waals surface area contributed by atoms with Gasteiger partial charge in [0.15, 0.2) is 0 Å². The molecule has 0 aromatic heterocycles. The molecule has 3 N–H and O–H groups in total. The van der Waals surface area contributed by atoms with Gasteiger partial charge in [-0.15, -0.1) is 0 Å². The second kappa shape index (κ2) is 7.91. The number of nitrogens with two attached hydrogens (primary N) is 1. The molecule has 0 radical (unpaired) electrons. The van der Waals surface area contributed by atoms with Gasteiger partial charge in [-0.2, -0.15) is 0 Å². The van der Waals surface area contributed by atoms with Crippen molar-refractivity contribution in [3.8, 4) is 0 Å². The fraction of sp³-hybridized carbons (Fsp3) is 0.556. The van der Waals surface area contributed by atoms with Gasteiger partial charge in [-0.3, -0.25) is 0 Å². The van der Waals surface area contributed by atoms with Crippen LogP contribution in [0.5, 0.6) is 0 Å². The highest BCUT2D eigenvalue weighted by Gasteiger charge is 2.40. The van der Waals surface area contributed by atoms with E-state index in [1.54, 1.807) is 0 Å². The SMILES string of the molecule is C/C(=C\CN)C1Nc2ccc(SC(F)(P)CF)cc2C2OCCCC12. The molecule has 25 heavy (non-hydrogen) atoms. The molecule has 1 aromatic carbocycles. The molecule has 138 valence electrons. The van der Waals surface area contributed by atoms with Crippen LogP contribution < -0.4 is 11.1 Å². The topological polar surface area (TPSA) is 47.3 Å². The molecule has 2 heterocycles. The molecule has 5 atom stereocenters.